The fourth-order valence-electron chi connectivity index (χ4n) is 6.22. The van der Waals surface area contributed by atoms with E-state index in [9.17, 15) is 69.0 Å². The lowest BCUT2D eigenvalue weighted by Gasteiger charge is -2.46. The summed E-state index contributed by atoms with van der Waals surface area (Å²) in [6, 6.07) is -4.33. The Hall–Kier alpha value is -1.77. The summed E-state index contributed by atoms with van der Waals surface area (Å²) in [5, 5.41) is 80.0. The van der Waals surface area contributed by atoms with Crippen molar-refractivity contribution in [2.45, 2.75) is 112 Å². The summed E-state index contributed by atoms with van der Waals surface area (Å²) in [6.45, 7) is 0.356. The van der Waals surface area contributed by atoms with Crippen molar-refractivity contribution in [3.8, 4) is 0 Å². The number of hydrogen-bond donors (Lipinski definition) is 11. The zero-order valence-corrected chi connectivity index (χ0v) is 31.3. The number of carbonyl (C=O) groups is 3. The van der Waals surface area contributed by atoms with Crippen molar-refractivity contribution in [1.29, 1.82) is 0 Å². The third kappa shape index (κ3) is 12.6. The molecule has 0 aromatic rings. The van der Waals surface area contributed by atoms with E-state index in [0.29, 0.717) is 0 Å². The van der Waals surface area contributed by atoms with E-state index in [4.69, 9.17) is 33.7 Å². The first-order valence-electron chi connectivity index (χ1n) is 16.8. The van der Waals surface area contributed by atoms with E-state index < -0.39 is 157 Å². The van der Waals surface area contributed by atoms with Gasteiger partial charge in [0.25, 0.3) is 0 Å². The fraction of sp³-hybridized carbons (Fsp3) is 0.893. The molecule has 17 atom stereocenters. The third-order valence-electron chi connectivity index (χ3n) is 8.77. The van der Waals surface area contributed by atoms with Crippen molar-refractivity contribution < 1.29 is 97.0 Å². The van der Waals surface area contributed by atoms with Crippen molar-refractivity contribution in [1.82, 2.24) is 16.0 Å². The van der Waals surface area contributed by atoms with Crippen LogP contribution in [-0.2, 0) is 51.5 Å². The van der Waals surface area contributed by atoms with Gasteiger partial charge in [-0.25, -0.2) is 0 Å². The Labute approximate surface area is 309 Å². The van der Waals surface area contributed by atoms with Crippen LogP contribution in [0.5, 0.6) is 0 Å². The van der Waals surface area contributed by atoms with Crippen LogP contribution < -0.4 is 31.5 Å². The molecule has 3 fully saturated rings. The number of nitrogens with two attached hydrogens (primary N) is 1. The summed E-state index contributed by atoms with van der Waals surface area (Å²) >= 11 is 0. The van der Waals surface area contributed by atoms with Crippen LogP contribution in [0.3, 0.4) is 0 Å². The molecule has 0 aromatic heterocycles. The topological polar surface area (TPSA) is 391 Å². The lowest BCUT2D eigenvalue weighted by Crippen LogP contribution is -2.65. The molecule has 3 amide bonds. The summed E-state index contributed by atoms with van der Waals surface area (Å²) in [5.74, 6) is -2.09. The van der Waals surface area contributed by atoms with Crippen LogP contribution in [0.2, 0.25) is 0 Å². The normalized spacial score (nSPS) is 39.5. The molecule has 0 aliphatic carbocycles. The molecule has 0 bridgehead atoms. The standard InChI is InChI=1S/C28H52N4O20P2/c1-11(34)30-19-17(50-14(6-33)22(37)25(19)40)9-53(43,44)48-7-15-23(38)26(41)20(31-12(2)35)18(51-15)10-54(45,46)49-8-16-24(39)27(42)21(32-13(3)36)28(52-16)47-5-4-29/h14-28,33,37-42H,4-10,29H2,1-3H3,(H,30,34)(H,31,35)(H,32,36)(H,43,44)(H,45,46)/p-2/t14?,15?,16?,17-,18-,19?,20?,21?,22-,23-,24-,25-,26-,27-,28+/m1/s1. The monoisotopic (exact) mass is 824 g/mol. The molecule has 3 saturated heterocycles. The molecule has 26 heteroatoms. The molecule has 0 saturated carbocycles. The van der Waals surface area contributed by atoms with Crippen molar-refractivity contribution in [3.05, 3.63) is 0 Å². The maximum absolute atomic E-state index is 13.2. The number of nitrogens with one attached hydrogen (secondary N) is 3. The predicted molar refractivity (Wildman–Crippen MR) is 174 cm³/mol. The van der Waals surface area contributed by atoms with Crippen molar-refractivity contribution in [3.63, 3.8) is 0 Å². The first-order chi connectivity index (χ1) is 25.1. The van der Waals surface area contributed by atoms with Crippen LogP contribution >= 0.6 is 15.2 Å². The van der Waals surface area contributed by atoms with E-state index in [-0.39, 0.29) is 13.2 Å². The first-order valence-corrected chi connectivity index (χ1v) is 20.2. The van der Waals surface area contributed by atoms with Crippen molar-refractivity contribution >= 4 is 32.9 Å². The highest BCUT2D eigenvalue weighted by Crippen LogP contribution is 2.44. The van der Waals surface area contributed by atoms with Gasteiger partial charge in [-0.3, -0.25) is 14.4 Å². The van der Waals surface area contributed by atoms with E-state index in [1.165, 1.54) is 0 Å². The summed E-state index contributed by atoms with van der Waals surface area (Å²) in [7, 11) is -10.2. The van der Waals surface area contributed by atoms with Crippen LogP contribution in [0.4, 0.5) is 0 Å². The molecular formula is C28H50N4O20P2-2. The van der Waals surface area contributed by atoms with Gasteiger partial charge in [0.05, 0.1) is 50.7 Å². The van der Waals surface area contributed by atoms with Gasteiger partial charge in [0.1, 0.15) is 76.2 Å². The molecule has 24 nitrogen and oxygen atoms in total. The number of rotatable bonds is 17. The number of carbonyl (C=O) groups excluding carboxylic acids is 3. The second-order valence-electron chi connectivity index (χ2n) is 13.1. The van der Waals surface area contributed by atoms with Gasteiger partial charge in [-0.15, -0.1) is 0 Å². The number of amides is 3. The largest absolute Gasteiger partial charge is 0.778 e. The Balaban J connectivity index is 1.72. The van der Waals surface area contributed by atoms with Crippen LogP contribution in [0.15, 0.2) is 0 Å². The van der Waals surface area contributed by atoms with Crippen LogP contribution in [0.25, 0.3) is 0 Å². The van der Waals surface area contributed by atoms with Crippen molar-refractivity contribution in [2.24, 2.45) is 5.73 Å². The maximum atomic E-state index is 13.2. The molecule has 0 spiro atoms. The molecule has 3 rings (SSSR count). The highest BCUT2D eigenvalue weighted by molar-refractivity contribution is 7.51. The van der Waals surface area contributed by atoms with Gasteiger partial charge in [0, 0.05) is 39.6 Å². The molecule has 54 heavy (non-hydrogen) atoms. The Kier molecular flexibility index (Phi) is 17.3. The summed E-state index contributed by atoms with van der Waals surface area (Å²) in [5.41, 5.74) is 5.45. The summed E-state index contributed by atoms with van der Waals surface area (Å²) in [6.07, 6.45) is -22.4. The summed E-state index contributed by atoms with van der Waals surface area (Å²) < 4.78 is 58.3. The predicted octanol–water partition coefficient (Wildman–Crippen LogP) is -7.97. The Bertz CT molecular complexity index is 1370. The highest BCUT2D eigenvalue weighted by atomic mass is 31.2. The lowest BCUT2D eigenvalue weighted by molar-refractivity contribution is -0.272. The highest BCUT2D eigenvalue weighted by Gasteiger charge is 2.49. The molecular weight excluding hydrogens is 774 g/mol. The fourth-order valence-corrected chi connectivity index (χ4v) is 8.68. The van der Waals surface area contributed by atoms with Gasteiger partial charge in [0.2, 0.25) is 17.7 Å². The van der Waals surface area contributed by atoms with Gasteiger partial charge in [-0.2, -0.15) is 0 Å². The molecule has 314 valence electrons. The Morgan fingerprint density at radius 3 is 1.41 bits per heavy atom. The third-order valence-corrected chi connectivity index (χ3v) is 11.5. The average molecular weight is 825 g/mol. The smallest absolute Gasteiger partial charge is 0.217 e. The molecule has 3 aliphatic heterocycles. The maximum Gasteiger partial charge on any atom is 0.217 e. The Morgan fingerprint density at radius 1 is 0.630 bits per heavy atom. The number of ether oxygens (including phenoxy) is 4. The van der Waals surface area contributed by atoms with Crippen LogP contribution in [-0.4, -0.2) is 190 Å². The van der Waals surface area contributed by atoms with Gasteiger partial charge in [-0.1, -0.05) is 0 Å². The quantitative estimate of drug-likeness (QED) is 0.0607. The van der Waals surface area contributed by atoms with Gasteiger partial charge >= 0.3 is 0 Å². The van der Waals surface area contributed by atoms with E-state index in [1.54, 1.807) is 0 Å². The zero-order chi connectivity index (χ0) is 40.7. The zero-order valence-electron chi connectivity index (χ0n) is 29.5. The molecule has 3 aliphatic rings. The van der Waals surface area contributed by atoms with Gasteiger partial charge < -0.3 is 104 Å². The molecule has 0 radical (unpaired) electrons. The van der Waals surface area contributed by atoms with Crippen LogP contribution in [0, 0.1) is 0 Å². The average Bonchev–Trinajstić information content (AvgIpc) is 3.07. The molecule has 12 N–H and O–H groups in total. The van der Waals surface area contributed by atoms with Crippen molar-refractivity contribution in [2.75, 3.05) is 45.3 Å². The van der Waals surface area contributed by atoms with Crippen LogP contribution in [0.1, 0.15) is 20.8 Å². The van der Waals surface area contributed by atoms with Gasteiger partial charge in [0.15, 0.2) is 6.29 Å². The number of hydrogen-bond acceptors (Lipinski definition) is 21. The molecule has 3 heterocycles. The Morgan fingerprint density at radius 2 is 1.00 bits per heavy atom. The molecule has 8 unspecified atom stereocenters. The van der Waals surface area contributed by atoms with E-state index in [0.717, 1.165) is 20.8 Å². The summed E-state index contributed by atoms with van der Waals surface area (Å²) in [4.78, 5) is 61.5. The van der Waals surface area contributed by atoms with E-state index >= 15 is 0 Å². The SMILES string of the molecule is CC(=O)NC1[C@@H](OCCN)OC(COP(=O)([O-])C[C@H]2OC(COP(=O)([O-])C[C@H]3OC(CO)[C@@H](O)[C@H](O)C3NC(C)=O)[C@@H](O)[C@H](O)C2NC(C)=O)[C@@H](O)[C@@H]1O. The minimum Gasteiger partial charge on any atom is -0.778 e. The lowest BCUT2D eigenvalue weighted by atomic mass is 9.93. The first kappa shape index (κ1) is 46.6. The van der Waals surface area contributed by atoms with E-state index in [2.05, 4.69) is 16.0 Å². The number of aliphatic hydroxyl groups is 7. The second kappa shape index (κ2) is 20.1. The molecule has 0 aromatic carbocycles. The van der Waals surface area contributed by atoms with E-state index in [1.807, 2.05) is 0 Å². The van der Waals surface area contributed by atoms with Gasteiger partial charge in [-0.05, 0) is 0 Å². The number of aliphatic hydroxyl groups excluding tert-OH is 7. The second-order valence-corrected chi connectivity index (χ2v) is 16.8. The minimum atomic E-state index is -5.12. The minimum absolute atomic E-state index is 0.00618.